The first-order chi connectivity index (χ1) is 9.11. The van der Waals surface area contributed by atoms with Crippen molar-refractivity contribution in [3.8, 4) is 5.75 Å². The van der Waals surface area contributed by atoms with E-state index in [1.54, 1.807) is 12.1 Å². The van der Waals surface area contributed by atoms with Gasteiger partial charge in [0.15, 0.2) is 0 Å². The van der Waals surface area contributed by atoms with Crippen molar-refractivity contribution < 1.29 is 17.9 Å². The molecule has 0 saturated carbocycles. The van der Waals surface area contributed by atoms with E-state index in [0.717, 1.165) is 18.4 Å². The van der Waals surface area contributed by atoms with Crippen LogP contribution < -0.4 is 10.1 Å². The topological polar surface area (TPSA) is 21.3 Å². The lowest BCUT2D eigenvalue weighted by molar-refractivity contribution is -0.274. The Morgan fingerprint density at radius 3 is 2.05 bits per heavy atom. The molecule has 0 saturated heterocycles. The normalized spacial score (nSPS) is 14.2. The average molecular weight is 289 g/mol. The molecule has 5 heteroatoms. The quantitative estimate of drug-likeness (QED) is 0.850. The molecular weight excluding hydrogens is 267 g/mol. The van der Waals surface area contributed by atoms with Gasteiger partial charge in [-0.05, 0) is 43.0 Å². The molecule has 0 aliphatic rings. The van der Waals surface area contributed by atoms with Crippen molar-refractivity contribution in [3.63, 3.8) is 0 Å². The van der Waals surface area contributed by atoms with Gasteiger partial charge in [0.05, 0.1) is 0 Å². The van der Waals surface area contributed by atoms with Crippen molar-refractivity contribution in [3.05, 3.63) is 29.8 Å². The Hall–Kier alpha value is -1.23. The minimum Gasteiger partial charge on any atom is -0.406 e. The molecule has 1 N–H and O–H groups in total. The van der Waals surface area contributed by atoms with Crippen LogP contribution in [0.2, 0.25) is 0 Å². The Morgan fingerprint density at radius 1 is 1.10 bits per heavy atom. The molecule has 1 unspecified atom stereocenters. The fourth-order valence-corrected chi connectivity index (χ4v) is 1.96. The zero-order valence-electron chi connectivity index (χ0n) is 12.3. The van der Waals surface area contributed by atoms with Crippen LogP contribution in [0.3, 0.4) is 0 Å². The van der Waals surface area contributed by atoms with Crippen molar-refractivity contribution >= 4 is 0 Å². The number of hydrogen-bond donors (Lipinski definition) is 1. The van der Waals surface area contributed by atoms with E-state index in [4.69, 9.17) is 0 Å². The van der Waals surface area contributed by atoms with Gasteiger partial charge in [-0.2, -0.15) is 0 Å². The molecule has 0 aliphatic heterocycles. The van der Waals surface area contributed by atoms with Crippen molar-refractivity contribution in [2.45, 2.75) is 46.0 Å². The Labute approximate surface area is 118 Å². The number of ether oxygens (including phenoxy) is 1. The molecule has 0 radical (unpaired) electrons. The summed E-state index contributed by atoms with van der Waals surface area (Å²) in [5.41, 5.74) is 1.19. The second-order valence-corrected chi connectivity index (χ2v) is 6.06. The highest BCUT2D eigenvalue weighted by Gasteiger charge is 2.31. The summed E-state index contributed by atoms with van der Waals surface area (Å²) in [7, 11) is 1.85. The van der Waals surface area contributed by atoms with Crippen LogP contribution in [0.1, 0.15) is 45.2 Å². The Bertz CT molecular complexity index is 407. The standard InChI is InChI=1S/C15H22F3NO/c1-14(2,3)10-9-13(19-4)11-5-7-12(8-6-11)20-15(16,17)18/h5-8,13,19H,9-10H2,1-4H3. The fraction of sp³-hybridized carbons (Fsp3) is 0.600. The van der Waals surface area contributed by atoms with Gasteiger partial charge in [-0.25, -0.2) is 0 Å². The SMILES string of the molecule is CNC(CCC(C)(C)C)c1ccc(OC(F)(F)F)cc1. The zero-order valence-corrected chi connectivity index (χ0v) is 12.3. The van der Waals surface area contributed by atoms with Crippen LogP contribution in [0, 0.1) is 5.41 Å². The number of hydrogen-bond acceptors (Lipinski definition) is 2. The van der Waals surface area contributed by atoms with Gasteiger partial charge in [0, 0.05) is 6.04 Å². The third-order valence-corrected chi connectivity index (χ3v) is 3.05. The number of nitrogens with one attached hydrogen (secondary N) is 1. The summed E-state index contributed by atoms with van der Waals surface area (Å²) in [4.78, 5) is 0. The van der Waals surface area contributed by atoms with E-state index in [9.17, 15) is 13.2 Å². The van der Waals surface area contributed by atoms with Crippen LogP contribution >= 0.6 is 0 Å². The molecule has 1 rings (SSSR count). The average Bonchev–Trinajstić information content (AvgIpc) is 2.28. The maximum absolute atomic E-state index is 12.1. The van der Waals surface area contributed by atoms with E-state index in [1.165, 1.54) is 12.1 Å². The summed E-state index contributed by atoms with van der Waals surface area (Å²) < 4.78 is 40.1. The lowest BCUT2D eigenvalue weighted by atomic mass is 9.87. The van der Waals surface area contributed by atoms with Gasteiger partial charge in [0.1, 0.15) is 5.75 Å². The predicted octanol–water partition coefficient (Wildman–Crippen LogP) is 4.67. The van der Waals surface area contributed by atoms with Gasteiger partial charge in [-0.15, -0.1) is 13.2 Å². The predicted molar refractivity (Wildman–Crippen MR) is 73.6 cm³/mol. The first-order valence-electron chi connectivity index (χ1n) is 6.64. The lowest BCUT2D eigenvalue weighted by Gasteiger charge is -2.23. The minimum absolute atomic E-state index is 0.133. The Morgan fingerprint density at radius 2 is 1.65 bits per heavy atom. The van der Waals surface area contributed by atoms with Crippen LogP contribution in [0.25, 0.3) is 0 Å². The van der Waals surface area contributed by atoms with Crippen LogP contribution in [0.5, 0.6) is 5.75 Å². The van der Waals surface area contributed by atoms with Crippen LogP contribution in [0.15, 0.2) is 24.3 Å². The van der Waals surface area contributed by atoms with Crippen molar-refractivity contribution in [1.29, 1.82) is 0 Å². The Balaban J connectivity index is 2.70. The largest absolute Gasteiger partial charge is 0.573 e. The van der Waals surface area contributed by atoms with Gasteiger partial charge < -0.3 is 10.1 Å². The van der Waals surface area contributed by atoms with E-state index in [-0.39, 0.29) is 17.2 Å². The molecule has 20 heavy (non-hydrogen) atoms. The van der Waals surface area contributed by atoms with E-state index < -0.39 is 6.36 Å². The van der Waals surface area contributed by atoms with Gasteiger partial charge in [0.25, 0.3) is 0 Å². The lowest BCUT2D eigenvalue weighted by Crippen LogP contribution is -2.19. The summed E-state index contributed by atoms with van der Waals surface area (Å²) in [5, 5.41) is 3.20. The van der Waals surface area contributed by atoms with Crippen molar-refractivity contribution in [2.75, 3.05) is 7.05 Å². The molecule has 2 nitrogen and oxygen atoms in total. The monoisotopic (exact) mass is 289 g/mol. The van der Waals surface area contributed by atoms with Gasteiger partial charge in [-0.1, -0.05) is 32.9 Å². The molecule has 0 aliphatic carbocycles. The van der Waals surface area contributed by atoms with E-state index >= 15 is 0 Å². The summed E-state index contributed by atoms with van der Waals surface area (Å²) in [5.74, 6) is -0.188. The summed E-state index contributed by atoms with van der Waals surface area (Å²) in [6, 6.07) is 6.18. The van der Waals surface area contributed by atoms with Crippen LogP contribution in [-0.2, 0) is 0 Å². The molecule has 0 amide bonds. The molecule has 0 fully saturated rings. The van der Waals surface area contributed by atoms with E-state index in [2.05, 4.69) is 30.8 Å². The van der Waals surface area contributed by atoms with Crippen LogP contribution in [0.4, 0.5) is 13.2 Å². The molecule has 1 atom stereocenters. The summed E-state index contributed by atoms with van der Waals surface area (Å²) in [6.45, 7) is 6.50. The smallest absolute Gasteiger partial charge is 0.406 e. The first kappa shape index (κ1) is 16.8. The van der Waals surface area contributed by atoms with Gasteiger partial charge in [-0.3, -0.25) is 0 Å². The highest BCUT2D eigenvalue weighted by molar-refractivity contribution is 5.29. The maximum atomic E-state index is 12.1. The zero-order chi connectivity index (χ0) is 15.4. The third-order valence-electron chi connectivity index (χ3n) is 3.05. The molecule has 0 heterocycles. The number of benzene rings is 1. The molecule has 0 bridgehead atoms. The molecular formula is C15H22F3NO. The minimum atomic E-state index is -4.64. The highest BCUT2D eigenvalue weighted by Crippen LogP contribution is 2.29. The van der Waals surface area contributed by atoms with E-state index in [1.807, 2.05) is 7.05 Å². The Kier molecular flexibility index (Phi) is 5.45. The molecule has 0 aromatic heterocycles. The number of alkyl halides is 3. The van der Waals surface area contributed by atoms with Crippen LogP contribution in [-0.4, -0.2) is 13.4 Å². The second-order valence-electron chi connectivity index (χ2n) is 6.06. The highest BCUT2D eigenvalue weighted by atomic mass is 19.4. The maximum Gasteiger partial charge on any atom is 0.573 e. The van der Waals surface area contributed by atoms with Crippen molar-refractivity contribution in [1.82, 2.24) is 5.32 Å². The van der Waals surface area contributed by atoms with Crippen molar-refractivity contribution in [2.24, 2.45) is 5.41 Å². The van der Waals surface area contributed by atoms with Gasteiger partial charge in [0.2, 0.25) is 0 Å². The molecule has 1 aromatic carbocycles. The number of halogens is 3. The summed E-state index contributed by atoms with van der Waals surface area (Å²) in [6.07, 6.45) is -2.69. The second kappa shape index (κ2) is 6.48. The third kappa shape index (κ3) is 6.28. The summed E-state index contributed by atoms with van der Waals surface area (Å²) >= 11 is 0. The number of rotatable bonds is 5. The molecule has 114 valence electrons. The van der Waals surface area contributed by atoms with E-state index in [0.29, 0.717) is 0 Å². The van der Waals surface area contributed by atoms with Gasteiger partial charge >= 0.3 is 6.36 Å². The first-order valence-corrected chi connectivity index (χ1v) is 6.64. The molecule has 1 aromatic rings. The molecule has 0 spiro atoms. The fourth-order valence-electron chi connectivity index (χ4n) is 1.96.